The third-order valence-corrected chi connectivity index (χ3v) is 6.27. The Balaban J connectivity index is 1.44. The zero-order valence-electron chi connectivity index (χ0n) is 18.8. The Hall–Kier alpha value is -3.45. The molecule has 172 valence electrons. The molecule has 6 nitrogen and oxygen atoms in total. The van der Waals surface area contributed by atoms with Gasteiger partial charge in [0.15, 0.2) is 0 Å². The maximum absolute atomic E-state index is 14.2. The molecule has 4 rings (SSSR count). The number of furan rings is 1. The van der Waals surface area contributed by atoms with Gasteiger partial charge in [0.25, 0.3) is 5.91 Å². The standard InChI is InChI=1S/C26H28FN3O3/c1-17-12-13-19-20(9-5-10-22(19)27)25(17)28-16-24(31)30(2)23-11-4-3-8-21(23)26(32)29-15-18-7-6-14-33-18/h3-11,14,17,25,28H,12-13,15-16H2,1-2H3,(H,29,32)/t17-,25-/m1/s1. The first-order valence-electron chi connectivity index (χ1n) is 11.1. The van der Waals surface area contributed by atoms with Gasteiger partial charge in [0.1, 0.15) is 11.6 Å². The molecule has 1 aliphatic carbocycles. The van der Waals surface area contributed by atoms with Crippen LogP contribution >= 0.6 is 0 Å². The lowest BCUT2D eigenvalue weighted by Gasteiger charge is -2.33. The predicted molar refractivity (Wildman–Crippen MR) is 124 cm³/mol. The highest BCUT2D eigenvalue weighted by Crippen LogP contribution is 2.35. The molecule has 2 amide bonds. The number of nitrogens with one attached hydrogen (secondary N) is 2. The number of carbonyl (C=O) groups is 2. The van der Waals surface area contributed by atoms with Gasteiger partial charge >= 0.3 is 0 Å². The minimum atomic E-state index is -0.292. The van der Waals surface area contributed by atoms with E-state index in [9.17, 15) is 14.0 Å². The molecule has 0 bridgehead atoms. The number of halogens is 1. The molecule has 0 fully saturated rings. The lowest BCUT2D eigenvalue weighted by Crippen LogP contribution is -2.40. The third-order valence-electron chi connectivity index (χ3n) is 6.27. The van der Waals surface area contributed by atoms with Crippen molar-refractivity contribution in [2.24, 2.45) is 5.92 Å². The largest absolute Gasteiger partial charge is 0.467 e. The summed E-state index contributed by atoms with van der Waals surface area (Å²) in [5.74, 6) is 0.255. The number of nitrogens with zero attached hydrogens (tertiary/aromatic N) is 1. The fraction of sp³-hybridized carbons (Fsp3) is 0.308. The van der Waals surface area contributed by atoms with Crippen LogP contribution in [0, 0.1) is 11.7 Å². The number of carbonyl (C=O) groups excluding carboxylic acids is 2. The summed E-state index contributed by atoms with van der Waals surface area (Å²) in [6.45, 7) is 2.44. The van der Waals surface area contributed by atoms with Crippen LogP contribution in [0.5, 0.6) is 0 Å². The van der Waals surface area contributed by atoms with Crippen LogP contribution in [0.4, 0.5) is 10.1 Å². The highest BCUT2D eigenvalue weighted by Gasteiger charge is 2.29. The molecule has 3 aromatic rings. The molecule has 0 saturated heterocycles. The summed E-state index contributed by atoms with van der Waals surface area (Å²) in [4.78, 5) is 27.3. The van der Waals surface area contributed by atoms with Crippen LogP contribution in [0.2, 0.25) is 0 Å². The van der Waals surface area contributed by atoms with E-state index in [1.54, 1.807) is 55.8 Å². The lowest BCUT2D eigenvalue weighted by molar-refractivity contribution is -0.117. The molecular formula is C26H28FN3O3. The van der Waals surface area contributed by atoms with E-state index in [-0.39, 0.29) is 42.7 Å². The van der Waals surface area contributed by atoms with E-state index in [0.29, 0.717) is 23.4 Å². The molecule has 1 heterocycles. The van der Waals surface area contributed by atoms with Crippen LogP contribution in [0.15, 0.2) is 65.3 Å². The normalized spacial score (nSPS) is 17.3. The number of likely N-dealkylation sites (N-methyl/N-ethyl adjacent to an activating group) is 1. The Kier molecular flexibility index (Phi) is 6.89. The third kappa shape index (κ3) is 4.98. The van der Waals surface area contributed by atoms with Gasteiger partial charge in [-0.15, -0.1) is 0 Å². The summed E-state index contributed by atoms with van der Waals surface area (Å²) in [7, 11) is 1.65. The number of anilines is 1. The summed E-state index contributed by atoms with van der Waals surface area (Å²) in [6, 6.07) is 15.5. The van der Waals surface area contributed by atoms with Gasteiger partial charge in [-0.3, -0.25) is 9.59 Å². The van der Waals surface area contributed by atoms with E-state index in [1.807, 2.05) is 6.07 Å². The second-order valence-corrected chi connectivity index (χ2v) is 8.41. The first kappa shape index (κ1) is 22.7. The van der Waals surface area contributed by atoms with Crippen LogP contribution in [0.25, 0.3) is 0 Å². The number of amides is 2. The number of rotatable bonds is 7. The fourth-order valence-electron chi connectivity index (χ4n) is 4.37. The van der Waals surface area contributed by atoms with Crippen molar-refractivity contribution in [3.05, 3.63) is 89.1 Å². The van der Waals surface area contributed by atoms with Crippen molar-refractivity contribution >= 4 is 17.5 Å². The maximum Gasteiger partial charge on any atom is 0.253 e. The van der Waals surface area contributed by atoms with Crippen molar-refractivity contribution in [3.8, 4) is 0 Å². The zero-order valence-corrected chi connectivity index (χ0v) is 18.8. The van der Waals surface area contributed by atoms with E-state index >= 15 is 0 Å². The molecule has 2 N–H and O–H groups in total. The Morgan fingerprint density at radius 1 is 1.12 bits per heavy atom. The Morgan fingerprint density at radius 2 is 1.94 bits per heavy atom. The second kappa shape index (κ2) is 10.0. The van der Waals surface area contributed by atoms with E-state index in [1.165, 1.54) is 11.0 Å². The first-order chi connectivity index (χ1) is 16.0. The highest BCUT2D eigenvalue weighted by atomic mass is 19.1. The Morgan fingerprint density at radius 3 is 2.73 bits per heavy atom. The van der Waals surface area contributed by atoms with Gasteiger partial charge in [0.2, 0.25) is 5.91 Å². The molecule has 1 aliphatic rings. The van der Waals surface area contributed by atoms with Crippen LogP contribution in [-0.4, -0.2) is 25.4 Å². The molecule has 0 saturated carbocycles. The number of para-hydroxylation sites is 1. The van der Waals surface area contributed by atoms with Crippen LogP contribution in [0.3, 0.4) is 0 Å². The zero-order chi connectivity index (χ0) is 23.4. The van der Waals surface area contributed by atoms with Gasteiger partial charge in [-0.05, 0) is 60.2 Å². The van der Waals surface area contributed by atoms with Gasteiger partial charge in [0.05, 0.1) is 30.6 Å². The maximum atomic E-state index is 14.2. The minimum Gasteiger partial charge on any atom is -0.467 e. The van der Waals surface area contributed by atoms with Gasteiger partial charge in [-0.2, -0.15) is 0 Å². The molecule has 33 heavy (non-hydrogen) atoms. The number of fused-ring (bicyclic) bond motifs is 1. The average molecular weight is 450 g/mol. The molecule has 1 aromatic heterocycles. The SMILES string of the molecule is C[C@@H]1CCc2c(F)cccc2[C@@H]1NCC(=O)N(C)c1ccccc1C(=O)NCc1ccco1. The van der Waals surface area contributed by atoms with Crippen molar-refractivity contribution in [1.82, 2.24) is 10.6 Å². The summed E-state index contributed by atoms with van der Waals surface area (Å²) in [6.07, 6.45) is 3.11. The van der Waals surface area contributed by atoms with E-state index in [0.717, 1.165) is 17.5 Å². The number of benzene rings is 2. The van der Waals surface area contributed by atoms with Crippen LogP contribution < -0.4 is 15.5 Å². The molecule has 7 heteroatoms. The topological polar surface area (TPSA) is 74.6 Å². The van der Waals surface area contributed by atoms with Gasteiger partial charge in [0, 0.05) is 13.1 Å². The van der Waals surface area contributed by atoms with Crippen LogP contribution in [-0.2, 0) is 17.8 Å². The van der Waals surface area contributed by atoms with Crippen molar-refractivity contribution in [1.29, 1.82) is 0 Å². The summed E-state index contributed by atoms with van der Waals surface area (Å²) in [5, 5.41) is 6.15. The molecule has 2 aromatic carbocycles. The van der Waals surface area contributed by atoms with Crippen molar-refractivity contribution in [2.45, 2.75) is 32.4 Å². The minimum absolute atomic E-state index is 0.0732. The molecule has 0 aliphatic heterocycles. The quantitative estimate of drug-likeness (QED) is 0.566. The molecule has 2 atom stereocenters. The molecule has 0 radical (unpaired) electrons. The molecule has 0 spiro atoms. The average Bonchev–Trinajstić information content (AvgIpc) is 3.35. The van der Waals surface area contributed by atoms with E-state index in [2.05, 4.69) is 17.6 Å². The van der Waals surface area contributed by atoms with Crippen LogP contribution in [0.1, 0.15) is 46.6 Å². The second-order valence-electron chi connectivity index (χ2n) is 8.41. The lowest BCUT2D eigenvalue weighted by atomic mass is 9.80. The van der Waals surface area contributed by atoms with Gasteiger partial charge in [-0.25, -0.2) is 4.39 Å². The summed E-state index contributed by atoms with van der Waals surface area (Å²) >= 11 is 0. The van der Waals surface area contributed by atoms with Crippen molar-refractivity contribution in [3.63, 3.8) is 0 Å². The van der Waals surface area contributed by atoms with Gasteiger partial charge in [-0.1, -0.05) is 31.2 Å². The highest BCUT2D eigenvalue weighted by molar-refractivity contribution is 6.05. The fourth-order valence-corrected chi connectivity index (χ4v) is 4.37. The Labute approximate surface area is 192 Å². The summed E-state index contributed by atoms with van der Waals surface area (Å²) in [5.41, 5.74) is 2.57. The van der Waals surface area contributed by atoms with Gasteiger partial charge < -0.3 is 20.0 Å². The summed E-state index contributed by atoms with van der Waals surface area (Å²) < 4.78 is 19.5. The van der Waals surface area contributed by atoms with Crippen molar-refractivity contribution in [2.75, 3.05) is 18.5 Å². The monoisotopic (exact) mass is 449 g/mol. The molecular weight excluding hydrogens is 421 g/mol. The smallest absolute Gasteiger partial charge is 0.253 e. The number of hydrogen-bond acceptors (Lipinski definition) is 4. The Bertz CT molecular complexity index is 1130. The van der Waals surface area contributed by atoms with E-state index in [4.69, 9.17) is 4.42 Å². The van der Waals surface area contributed by atoms with Crippen molar-refractivity contribution < 1.29 is 18.4 Å². The predicted octanol–water partition coefficient (Wildman–Crippen LogP) is 4.22. The van der Waals surface area contributed by atoms with E-state index < -0.39 is 0 Å². The molecule has 0 unspecified atom stereocenters. The number of hydrogen-bond donors (Lipinski definition) is 2. The first-order valence-corrected chi connectivity index (χ1v) is 11.1.